The van der Waals surface area contributed by atoms with Crippen molar-refractivity contribution in [2.75, 3.05) is 19.7 Å². The maximum atomic E-state index is 12.9. The molecule has 4 rings (SSSR count). The molecule has 0 bridgehead atoms. The summed E-state index contributed by atoms with van der Waals surface area (Å²) in [5.41, 5.74) is 0.00539. The summed E-state index contributed by atoms with van der Waals surface area (Å²) in [4.78, 5) is 12.0. The van der Waals surface area contributed by atoms with Gasteiger partial charge in [0.15, 0.2) is 0 Å². The first-order valence-electron chi connectivity index (χ1n) is 7.93. The third-order valence-corrected chi connectivity index (χ3v) is 7.37. The Bertz CT molecular complexity index is 775. The van der Waals surface area contributed by atoms with Crippen molar-refractivity contribution in [2.45, 2.75) is 30.6 Å². The van der Waals surface area contributed by atoms with E-state index in [2.05, 4.69) is 0 Å². The molecule has 7 heteroatoms. The zero-order valence-electron chi connectivity index (χ0n) is 12.7. The first-order valence-corrected chi connectivity index (χ1v) is 9.37. The smallest absolute Gasteiger partial charge is 0.311 e. The topological polar surface area (TPSA) is 83.9 Å². The van der Waals surface area contributed by atoms with Crippen LogP contribution in [0.15, 0.2) is 23.1 Å². The molecular formula is C16H19NO5S. The van der Waals surface area contributed by atoms with Gasteiger partial charge >= 0.3 is 5.97 Å². The second kappa shape index (κ2) is 4.95. The van der Waals surface area contributed by atoms with Crippen molar-refractivity contribution in [3.8, 4) is 5.75 Å². The number of sulfonamides is 1. The van der Waals surface area contributed by atoms with E-state index in [0.29, 0.717) is 26.0 Å². The van der Waals surface area contributed by atoms with Crippen LogP contribution in [0, 0.1) is 11.3 Å². The van der Waals surface area contributed by atoms with Crippen LogP contribution in [0.1, 0.15) is 24.8 Å². The Labute approximate surface area is 135 Å². The minimum Gasteiger partial charge on any atom is -0.493 e. The number of carbonyl (C=O) groups is 1. The Hall–Kier alpha value is -1.60. The summed E-state index contributed by atoms with van der Waals surface area (Å²) >= 11 is 0. The fourth-order valence-electron chi connectivity index (χ4n) is 4.25. The quantitative estimate of drug-likeness (QED) is 0.903. The van der Waals surface area contributed by atoms with Crippen molar-refractivity contribution >= 4 is 16.0 Å². The van der Waals surface area contributed by atoms with Gasteiger partial charge in [-0.05, 0) is 42.5 Å². The number of hydrogen-bond acceptors (Lipinski definition) is 4. The fraction of sp³-hybridized carbons (Fsp3) is 0.562. The number of carboxylic acids is 1. The molecule has 2 heterocycles. The Morgan fingerprint density at radius 1 is 1.39 bits per heavy atom. The van der Waals surface area contributed by atoms with Crippen LogP contribution >= 0.6 is 0 Å². The fourth-order valence-corrected chi connectivity index (χ4v) is 5.85. The minimum atomic E-state index is -3.66. The standard InChI is InChI=1S/C16H19NO5S/c18-15(19)16-6-1-2-12(16)9-17(10-16)23(20,21)13-3-4-14-11(8-13)5-7-22-14/h3-4,8,12H,1-2,5-7,9-10H2,(H,18,19)/t12-,16+/m0/s1. The number of hydrogen-bond donors (Lipinski definition) is 1. The van der Waals surface area contributed by atoms with Gasteiger partial charge in [-0.2, -0.15) is 4.31 Å². The maximum absolute atomic E-state index is 12.9. The van der Waals surface area contributed by atoms with Gasteiger partial charge in [-0.1, -0.05) is 6.42 Å². The first kappa shape index (κ1) is 15.0. The highest BCUT2D eigenvalue weighted by molar-refractivity contribution is 7.89. The lowest BCUT2D eigenvalue weighted by atomic mass is 9.81. The number of aliphatic carboxylic acids is 1. The van der Waals surface area contributed by atoms with Crippen LogP contribution in [0.25, 0.3) is 0 Å². The largest absolute Gasteiger partial charge is 0.493 e. The molecule has 0 amide bonds. The second-order valence-corrected chi connectivity index (χ2v) is 8.65. The van der Waals surface area contributed by atoms with Crippen LogP contribution in [-0.2, 0) is 21.2 Å². The monoisotopic (exact) mass is 337 g/mol. The number of benzene rings is 1. The number of carboxylic acid groups (broad SMARTS) is 1. The molecule has 0 aromatic heterocycles. The van der Waals surface area contributed by atoms with Gasteiger partial charge in [-0.15, -0.1) is 0 Å². The molecule has 2 fully saturated rings. The molecule has 0 unspecified atom stereocenters. The van der Waals surface area contributed by atoms with Gasteiger partial charge < -0.3 is 9.84 Å². The highest BCUT2D eigenvalue weighted by Gasteiger charge is 2.57. The molecular weight excluding hydrogens is 318 g/mol. The molecule has 0 radical (unpaired) electrons. The number of rotatable bonds is 3. The lowest BCUT2D eigenvalue weighted by Crippen LogP contribution is -2.37. The van der Waals surface area contributed by atoms with E-state index in [0.717, 1.165) is 24.2 Å². The summed E-state index contributed by atoms with van der Waals surface area (Å²) in [6.07, 6.45) is 2.93. The van der Waals surface area contributed by atoms with Crippen molar-refractivity contribution in [2.24, 2.45) is 11.3 Å². The van der Waals surface area contributed by atoms with Gasteiger partial charge in [-0.25, -0.2) is 8.42 Å². The lowest BCUT2D eigenvalue weighted by molar-refractivity contribution is -0.149. The number of ether oxygens (including phenoxy) is 1. The summed E-state index contributed by atoms with van der Waals surface area (Å²) in [6.45, 7) is 0.970. The molecule has 23 heavy (non-hydrogen) atoms. The van der Waals surface area contributed by atoms with Gasteiger partial charge in [-0.3, -0.25) is 4.79 Å². The Morgan fingerprint density at radius 3 is 2.96 bits per heavy atom. The van der Waals surface area contributed by atoms with Crippen LogP contribution in [0.3, 0.4) is 0 Å². The summed E-state index contributed by atoms with van der Waals surface area (Å²) in [5.74, 6) is -0.197. The van der Waals surface area contributed by atoms with Gasteiger partial charge in [0.25, 0.3) is 0 Å². The van der Waals surface area contributed by atoms with Crippen molar-refractivity contribution in [3.63, 3.8) is 0 Å². The normalized spacial score (nSPS) is 30.0. The van der Waals surface area contributed by atoms with E-state index in [1.807, 2.05) is 0 Å². The van der Waals surface area contributed by atoms with Crippen LogP contribution < -0.4 is 4.74 Å². The molecule has 1 saturated heterocycles. The molecule has 3 aliphatic rings. The predicted molar refractivity (Wildman–Crippen MR) is 81.8 cm³/mol. The number of nitrogens with zero attached hydrogens (tertiary/aromatic N) is 1. The van der Waals surface area contributed by atoms with Crippen molar-refractivity contribution in [3.05, 3.63) is 23.8 Å². The minimum absolute atomic E-state index is 0.0764. The Kier molecular flexibility index (Phi) is 3.22. The number of fused-ring (bicyclic) bond motifs is 2. The summed E-state index contributed by atoms with van der Waals surface area (Å²) in [6, 6.07) is 4.92. The highest BCUT2D eigenvalue weighted by atomic mass is 32.2. The zero-order chi connectivity index (χ0) is 16.2. The maximum Gasteiger partial charge on any atom is 0.311 e. The van der Waals surface area contributed by atoms with E-state index >= 15 is 0 Å². The van der Waals surface area contributed by atoms with Crippen molar-refractivity contribution in [1.29, 1.82) is 0 Å². The van der Waals surface area contributed by atoms with Crippen LogP contribution in [0.2, 0.25) is 0 Å². The second-order valence-electron chi connectivity index (χ2n) is 6.72. The average Bonchev–Trinajstić information content (AvgIpc) is 3.19. The third kappa shape index (κ3) is 2.10. The summed E-state index contributed by atoms with van der Waals surface area (Å²) in [5, 5.41) is 9.62. The molecule has 2 atom stereocenters. The molecule has 1 aromatic rings. The molecule has 1 aromatic carbocycles. The van der Waals surface area contributed by atoms with E-state index in [-0.39, 0.29) is 17.4 Å². The Balaban J connectivity index is 1.67. The van der Waals surface area contributed by atoms with E-state index < -0.39 is 21.4 Å². The van der Waals surface area contributed by atoms with Crippen LogP contribution in [-0.4, -0.2) is 43.5 Å². The van der Waals surface area contributed by atoms with Crippen LogP contribution in [0.4, 0.5) is 0 Å². The molecule has 124 valence electrons. The summed E-state index contributed by atoms with van der Waals surface area (Å²) < 4.78 is 32.6. The average molecular weight is 337 g/mol. The van der Waals surface area contributed by atoms with E-state index in [1.54, 1.807) is 18.2 Å². The first-order chi connectivity index (χ1) is 10.9. The van der Waals surface area contributed by atoms with Gasteiger partial charge in [0.2, 0.25) is 10.0 Å². The molecule has 6 nitrogen and oxygen atoms in total. The molecule has 1 aliphatic carbocycles. The van der Waals surface area contributed by atoms with E-state index in [4.69, 9.17) is 4.74 Å². The van der Waals surface area contributed by atoms with E-state index in [9.17, 15) is 18.3 Å². The SMILES string of the molecule is O=C(O)[C@@]12CCC[C@H]1CN(S(=O)(=O)c1ccc3c(c1)CCO3)C2. The molecule has 0 spiro atoms. The molecule has 1 N–H and O–H groups in total. The molecule has 2 aliphatic heterocycles. The van der Waals surface area contributed by atoms with Gasteiger partial charge in [0.05, 0.1) is 16.9 Å². The van der Waals surface area contributed by atoms with Gasteiger partial charge in [0.1, 0.15) is 5.75 Å². The van der Waals surface area contributed by atoms with Gasteiger partial charge in [0, 0.05) is 19.5 Å². The third-order valence-electron chi connectivity index (χ3n) is 5.56. The van der Waals surface area contributed by atoms with Crippen LogP contribution in [0.5, 0.6) is 5.75 Å². The predicted octanol–water partition coefficient (Wildman–Crippen LogP) is 1.50. The van der Waals surface area contributed by atoms with Crippen molar-refractivity contribution < 1.29 is 23.1 Å². The van der Waals surface area contributed by atoms with Crippen molar-refractivity contribution in [1.82, 2.24) is 4.31 Å². The molecule has 1 saturated carbocycles. The highest BCUT2D eigenvalue weighted by Crippen LogP contribution is 2.50. The zero-order valence-corrected chi connectivity index (χ0v) is 13.5. The lowest BCUT2D eigenvalue weighted by Gasteiger charge is -2.23. The Morgan fingerprint density at radius 2 is 2.22 bits per heavy atom. The van der Waals surface area contributed by atoms with E-state index in [1.165, 1.54) is 4.31 Å². The summed E-state index contributed by atoms with van der Waals surface area (Å²) in [7, 11) is -3.66.